The summed E-state index contributed by atoms with van der Waals surface area (Å²) in [6, 6.07) is 13.6. The van der Waals surface area contributed by atoms with Gasteiger partial charge in [-0.1, -0.05) is 29.8 Å². The highest BCUT2D eigenvalue weighted by atomic mass is 79.9. The van der Waals surface area contributed by atoms with Gasteiger partial charge in [-0.25, -0.2) is 4.39 Å². The zero-order valence-electron chi connectivity index (χ0n) is 19.8. The van der Waals surface area contributed by atoms with Crippen LogP contribution in [0.25, 0.3) is 10.9 Å². The summed E-state index contributed by atoms with van der Waals surface area (Å²) in [5.41, 5.74) is 2.07. The normalized spacial score (nSPS) is 16.3. The van der Waals surface area contributed by atoms with Crippen LogP contribution in [0.5, 0.6) is 0 Å². The molecule has 1 aliphatic rings. The molecular weight excluding hydrogens is 535 g/mol. The quantitative estimate of drug-likeness (QED) is 0.345. The van der Waals surface area contributed by atoms with Gasteiger partial charge in [0.2, 0.25) is 0 Å². The van der Waals surface area contributed by atoms with E-state index < -0.39 is 5.82 Å². The number of hydrogen-bond acceptors (Lipinski definition) is 4. The van der Waals surface area contributed by atoms with Crippen molar-refractivity contribution in [3.05, 3.63) is 92.2 Å². The summed E-state index contributed by atoms with van der Waals surface area (Å²) < 4.78 is 27.3. The van der Waals surface area contributed by atoms with Crippen LogP contribution in [0, 0.1) is 5.82 Å². The van der Waals surface area contributed by atoms with E-state index in [1.165, 1.54) is 22.8 Å². The van der Waals surface area contributed by atoms with Gasteiger partial charge in [-0.15, -0.1) is 0 Å². The number of pyridine rings is 1. The molecule has 1 aliphatic heterocycles. The maximum atomic E-state index is 13.0. The number of nitrogens with zero attached hydrogens (tertiary/aromatic N) is 2. The third kappa shape index (κ3) is 5.69. The summed E-state index contributed by atoms with van der Waals surface area (Å²) in [6.07, 6.45) is 3.49. The van der Waals surface area contributed by atoms with Gasteiger partial charge in [0.1, 0.15) is 5.82 Å². The molecule has 2 aromatic heterocycles. The van der Waals surface area contributed by atoms with E-state index >= 15 is 0 Å². The Hall–Kier alpha value is -2.46. The van der Waals surface area contributed by atoms with Crippen molar-refractivity contribution in [3.8, 4) is 0 Å². The van der Waals surface area contributed by atoms with Gasteiger partial charge in [-0.3, -0.25) is 9.89 Å². The van der Waals surface area contributed by atoms with Crippen LogP contribution in [0.1, 0.15) is 33.3 Å². The molecule has 10 heteroatoms. The van der Waals surface area contributed by atoms with Crippen LogP contribution in [-0.2, 0) is 15.9 Å². The van der Waals surface area contributed by atoms with Crippen molar-refractivity contribution in [1.82, 2.24) is 14.8 Å². The van der Waals surface area contributed by atoms with Crippen molar-refractivity contribution in [3.63, 3.8) is 0 Å². The summed E-state index contributed by atoms with van der Waals surface area (Å²) >= 11 is 8.97. The highest BCUT2D eigenvalue weighted by Gasteiger charge is 2.51. The van der Waals surface area contributed by atoms with Crippen LogP contribution in [-0.4, -0.2) is 33.1 Å². The van der Waals surface area contributed by atoms with E-state index in [9.17, 15) is 9.18 Å². The number of benzene rings is 2. The molecule has 5 rings (SSSR count). The molecule has 0 aliphatic carbocycles. The Bertz CT molecular complexity index is 1410. The van der Waals surface area contributed by atoms with Gasteiger partial charge in [-0.05, 0) is 78.9 Å². The zero-order chi connectivity index (χ0) is 25.4. The monoisotopic (exact) mass is 559 g/mol. The number of H-pyrrole nitrogens is 1. The zero-order valence-corrected chi connectivity index (χ0v) is 22.2. The second-order valence-corrected chi connectivity index (χ2v) is 10.7. The second kappa shape index (κ2) is 9.89. The Kier molecular flexibility index (Phi) is 7.24. The number of aromatic amines is 1. The van der Waals surface area contributed by atoms with Crippen LogP contribution in [0.4, 0.5) is 4.39 Å². The fourth-order valence-corrected chi connectivity index (χ4v) is 4.12. The summed E-state index contributed by atoms with van der Waals surface area (Å²) in [4.78, 5) is 11.6. The summed E-state index contributed by atoms with van der Waals surface area (Å²) in [7, 11) is -0.317. The van der Waals surface area contributed by atoms with Crippen LogP contribution >= 0.6 is 27.5 Å². The molecule has 0 amide bonds. The van der Waals surface area contributed by atoms with Crippen LogP contribution in [0.15, 0.2) is 70.2 Å². The molecule has 0 bridgehead atoms. The van der Waals surface area contributed by atoms with Crippen molar-refractivity contribution in [2.75, 3.05) is 0 Å². The van der Waals surface area contributed by atoms with E-state index in [4.69, 9.17) is 20.9 Å². The van der Waals surface area contributed by atoms with Gasteiger partial charge in [0.05, 0.1) is 34.5 Å². The van der Waals surface area contributed by atoms with E-state index in [0.29, 0.717) is 6.54 Å². The Labute approximate surface area is 216 Å². The van der Waals surface area contributed by atoms with Gasteiger partial charge >= 0.3 is 7.12 Å². The third-order valence-corrected chi connectivity index (χ3v) is 7.03. The number of halogens is 3. The van der Waals surface area contributed by atoms with E-state index in [1.54, 1.807) is 18.3 Å². The molecule has 0 unspecified atom stereocenters. The lowest BCUT2D eigenvalue weighted by molar-refractivity contribution is 0.00578. The minimum absolute atomic E-state index is 0.0607. The van der Waals surface area contributed by atoms with Crippen molar-refractivity contribution in [1.29, 1.82) is 0 Å². The molecule has 4 aromatic rings. The lowest BCUT2D eigenvalue weighted by Crippen LogP contribution is -2.41. The summed E-state index contributed by atoms with van der Waals surface area (Å²) in [5, 5.41) is 8.14. The van der Waals surface area contributed by atoms with Gasteiger partial charge in [0, 0.05) is 22.1 Å². The number of aromatic nitrogens is 3. The Morgan fingerprint density at radius 2 is 1.80 bits per heavy atom. The first-order valence-corrected chi connectivity index (χ1v) is 12.2. The van der Waals surface area contributed by atoms with E-state index in [1.807, 2.05) is 24.4 Å². The topological polar surface area (TPSA) is 69.1 Å². The van der Waals surface area contributed by atoms with E-state index in [0.717, 1.165) is 26.4 Å². The van der Waals surface area contributed by atoms with Crippen molar-refractivity contribution in [2.24, 2.45) is 0 Å². The first-order chi connectivity index (χ1) is 16.4. The standard InChI is InChI=1S/C13H17BN2O2.C12H8BrClFNO/c1-12(2)13(3,4)18-14(17-12)10-6-5-9-8-15-16-11(9)7-10;13-9-2-4-12(17)16(7-9)6-8-1-3-11(15)10(14)5-8/h5-8H,1-4H3,(H,15,16);1-5,7H,6H2. The first-order valence-electron chi connectivity index (χ1n) is 11.0. The van der Waals surface area contributed by atoms with E-state index in [-0.39, 0.29) is 28.9 Å². The molecule has 3 heterocycles. The largest absolute Gasteiger partial charge is 0.494 e. The van der Waals surface area contributed by atoms with Crippen molar-refractivity contribution >= 4 is 51.0 Å². The lowest BCUT2D eigenvalue weighted by atomic mass is 9.79. The number of rotatable bonds is 3. The first kappa shape index (κ1) is 25.6. The predicted octanol–water partition coefficient (Wildman–Crippen LogP) is 5.31. The molecule has 35 heavy (non-hydrogen) atoms. The average molecular weight is 561 g/mol. The highest BCUT2D eigenvalue weighted by molar-refractivity contribution is 9.10. The Balaban J connectivity index is 0.000000165. The molecule has 2 aromatic carbocycles. The maximum Gasteiger partial charge on any atom is 0.494 e. The molecule has 0 spiro atoms. The number of fused-ring (bicyclic) bond motifs is 1. The molecule has 182 valence electrons. The summed E-state index contributed by atoms with van der Waals surface area (Å²) in [6.45, 7) is 8.59. The van der Waals surface area contributed by atoms with Crippen molar-refractivity contribution in [2.45, 2.75) is 45.4 Å². The molecular formula is C25H25BBrClFN3O3. The number of hydrogen-bond donors (Lipinski definition) is 1. The molecule has 0 saturated carbocycles. The number of nitrogens with one attached hydrogen (secondary N) is 1. The highest BCUT2D eigenvalue weighted by Crippen LogP contribution is 2.36. The fourth-order valence-electron chi connectivity index (χ4n) is 3.54. The third-order valence-electron chi connectivity index (χ3n) is 6.28. The lowest BCUT2D eigenvalue weighted by Gasteiger charge is -2.32. The molecule has 1 fully saturated rings. The minimum Gasteiger partial charge on any atom is -0.399 e. The van der Waals surface area contributed by atoms with Gasteiger partial charge < -0.3 is 13.9 Å². The fraction of sp³-hybridized carbons (Fsp3) is 0.280. The molecule has 6 nitrogen and oxygen atoms in total. The maximum absolute atomic E-state index is 13.0. The molecule has 0 radical (unpaired) electrons. The molecule has 1 N–H and O–H groups in total. The second-order valence-electron chi connectivity index (χ2n) is 9.37. The van der Waals surface area contributed by atoms with Gasteiger partial charge in [0.25, 0.3) is 5.56 Å². The van der Waals surface area contributed by atoms with Gasteiger partial charge in [0.15, 0.2) is 0 Å². The smallest absolute Gasteiger partial charge is 0.399 e. The summed E-state index contributed by atoms with van der Waals surface area (Å²) in [5.74, 6) is -0.461. The molecule has 1 saturated heterocycles. The van der Waals surface area contributed by atoms with Crippen LogP contribution in [0.2, 0.25) is 5.02 Å². The van der Waals surface area contributed by atoms with E-state index in [2.05, 4.69) is 53.8 Å². The SMILES string of the molecule is CC1(C)OB(c2ccc3cn[nH]c3c2)OC1(C)C.O=c1ccc(Br)cn1Cc1ccc(F)c(Cl)c1. The van der Waals surface area contributed by atoms with Crippen LogP contribution < -0.4 is 11.0 Å². The molecule has 0 atom stereocenters. The predicted molar refractivity (Wildman–Crippen MR) is 141 cm³/mol. The Morgan fingerprint density at radius 3 is 2.49 bits per heavy atom. The average Bonchev–Trinajstić information content (AvgIpc) is 3.34. The van der Waals surface area contributed by atoms with Gasteiger partial charge in [-0.2, -0.15) is 5.10 Å². The van der Waals surface area contributed by atoms with Crippen LogP contribution in [0.3, 0.4) is 0 Å². The minimum atomic E-state index is -0.461. The Morgan fingerprint density at radius 1 is 1.09 bits per heavy atom. The van der Waals surface area contributed by atoms with Crippen molar-refractivity contribution < 1.29 is 13.7 Å².